The second-order valence-electron chi connectivity index (χ2n) is 3.87. The zero-order valence-corrected chi connectivity index (χ0v) is 11.0. The van der Waals surface area contributed by atoms with Gasteiger partial charge in [-0.15, -0.1) is 0 Å². The molecule has 0 aromatic heterocycles. The van der Waals surface area contributed by atoms with Gasteiger partial charge >= 0.3 is 5.97 Å². The first-order chi connectivity index (χ1) is 7.43. The third-order valence-electron chi connectivity index (χ3n) is 2.64. The Morgan fingerprint density at radius 2 is 2.06 bits per heavy atom. The molecule has 0 fully saturated rings. The van der Waals surface area contributed by atoms with E-state index in [1.165, 1.54) is 0 Å². The van der Waals surface area contributed by atoms with Gasteiger partial charge in [0, 0.05) is 16.5 Å². The van der Waals surface area contributed by atoms with E-state index in [4.69, 9.17) is 5.11 Å². The van der Waals surface area contributed by atoms with Gasteiger partial charge in [0.2, 0.25) is 0 Å². The predicted octanol–water partition coefficient (Wildman–Crippen LogP) is 3.18. The van der Waals surface area contributed by atoms with E-state index in [0.29, 0.717) is 12.8 Å². The highest BCUT2D eigenvalue weighted by Gasteiger charge is 2.11. The van der Waals surface area contributed by atoms with Crippen molar-refractivity contribution in [1.29, 1.82) is 0 Å². The van der Waals surface area contributed by atoms with Gasteiger partial charge in [0.1, 0.15) is 5.75 Å². The number of phenolic OH excluding ortho intramolecular Hbond substituents is 1. The van der Waals surface area contributed by atoms with Crippen LogP contribution in [0.15, 0.2) is 10.5 Å². The van der Waals surface area contributed by atoms with Gasteiger partial charge in [-0.3, -0.25) is 4.79 Å². The Hall–Kier alpha value is -1.03. The molecule has 2 N–H and O–H groups in total. The maximum atomic E-state index is 10.4. The lowest BCUT2D eigenvalue weighted by Crippen LogP contribution is -1.98. The summed E-state index contributed by atoms with van der Waals surface area (Å²) in [5, 5.41) is 18.5. The van der Waals surface area contributed by atoms with Crippen molar-refractivity contribution in [3.63, 3.8) is 0 Å². The fourth-order valence-corrected chi connectivity index (χ4v) is 2.17. The molecular weight excluding hydrogens is 272 g/mol. The second kappa shape index (κ2) is 5.34. The van der Waals surface area contributed by atoms with Crippen LogP contribution in [-0.2, 0) is 11.2 Å². The maximum Gasteiger partial charge on any atom is 0.303 e. The molecule has 0 heterocycles. The summed E-state index contributed by atoms with van der Waals surface area (Å²) in [6.45, 7) is 3.75. The van der Waals surface area contributed by atoms with Crippen molar-refractivity contribution < 1.29 is 15.0 Å². The summed E-state index contributed by atoms with van der Waals surface area (Å²) >= 11 is 3.37. The normalized spacial score (nSPS) is 10.4. The lowest BCUT2D eigenvalue weighted by atomic mass is 9.99. The minimum absolute atomic E-state index is 0.133. The van der Waals surface area contributed by atoms with Gasteiger partial charge in [-0.1, -0.05) is 15.9 Å². The molecule has 0 saturated heterocycles. The number of carboxylic acids is 1. The zero-order chi connectivity index (χ0) is 12.3. The highest BCUT2D eigenvalue weighted by atomic mass is 79.9. The highest BCUT2D eigenvalue weighted by Crippen LogP contribution is 2.32. The summed E-state index contributed by atoms with van der Waals surface area (Å²) in [4.78, 5) is 10.4. The van der Waals surface area contributed by atoms with E-state index in [9.17, 15) is 9.90 Å². The number of carboxylic acid groups (broad SMARTS) is 1. The van der Waals surface area contributed by atoms with E-state index >= 15 is 0 Å². The van der Waals surface area contributed by atoms with Crippen LogP contribution in [0, 0.1) is 13.8 Å². The Kier molecular flexibility index (Phi) is 4.35. The Balaban J connectivity index is 2.87. The summed E-state index contributed by atoms with van der Waals surface area (Å²) in [6.07, 6.45) is 1.27. The van der Waals surface area contributed by atoms with Crippen molar-refractivity contribution in [2.24, 2.45) is 0 Å². The first-order valence-corrected chi connectivity index (χ1v) is 5.92. The molecule has 0 aliphatic carbocycles. The topological polar surface area (TPSA) is 57.5 Å². The minimum Gasteiger partial charge on any atom is -0.507 e. The van der Waals surface area contributed by atoms with Crippen molar-refractivity contribution in [2.45, 2.75) is 33.1 Å². The molecule has 0 unspecified atom stereocenters. The third kappa shape index (κ3) is 2.98. The standard InChI is InChI=1S/C12H15BrO3/c1-7-6-10(13)8(2)12(16)9(7)4-3-5-11(14)15/h6,16H,3-5H2,1-2H3,(H,14,15). The monoisotopic (exact) mass is 286 g/mol. The number of phenols is 1. The Morgan fingerprint density at radius 1 is 1.44 bits per heavy atom. The van der Waals surface area contributed by atoms with Gasteiger partial charge in [0.25, 0.3) is 0 Å². The third-order valence-corrected chi connectivity index (χ3v) is 3.46. The van der Waals surface area contributed by atoms with Gasteiger partial charge in [0.05, 0.1) is 0 Å². The summed E-state index contributed by atoms with van der Waals surface area (Å²) in [5.41, 5.74) is 2.64. The number of aryl methyl sites for hydroxylation is 1. The predicted molar refractivity (Wildman–Crippen MR) is 65.9 cm³/mol. The smallest absolute Gasteiger partial charge is 0.303 e. The molecule has 0 aliphatic heterocycles. The molecule has 0 spiro atoms. The van der Waals surface area contributed by atoms with Gasteiger partial charge in [-0.2, -0.15) is 0 Å². The molecule has 1 aromatic carbocycles. The average Bonchev–Trinajstić information content (AvgIpc) is 2.19. The molecule has 1 aromatic rings. The number of aromatic hydroxyl groups is 1. The number of aliphatic carboxylic acids is 1. The largest absolute Gasteiger partial charge is 0.507 e. The van der Waals surface area contributed by atoms with E-state index in [-0.39, 0.29) is 12.2 Å². The molecule has 1 rings (SSSR count). The van der Waals surface area contributed by atoms with Crippen molar-refractivity contribution in [2.75, 3.05) is 0 Å². The summed E-state index contributed by atoms with van der Waals surface area (Å²) in [7, 11) is 0. The number of carbonyl (C=O) groups is 1. The second-order valence-corrected chi connectivity index (χ2v) is 4.73. The van der Waals surface area contributed by atoms with Crippen LogP contribution in [0.2, 0.25) is 0 Å². The Bertz CT molecular complexity index is 413. The zero-order valence-electron chi connectivity index (χ0n) is 9.38. The first kappa shape index (κ1) is 13.0. The summed E-state index contributed by atoms with van der Waals surface area (Å²) < 4.78 is 0.879. The highest BCUT2D eigenvalue weighted by molar-refractivity contribution is 9.10. The lowest BCUT2D eigenvalue weighted by molar-refractivity contribution is -0.137. The van der Waals surface area contributed by atoms with E-state index in [1.807, 2.05) is 19.9 Å². The molecule has 4 heteroatoms. The number of benzene rings is 1. The van der Waals surface area contributed by atoms with Crippen molar-refractivity contribution in [3.8, 4) is 5.75 Å². The Morgan fingerprint density at radius 3 is 2.62 bits per heavy atom. The van der Waals surface area contributed by atoms with Crippen LogP contribution >= 0.6 is 15.9 Å². The Labute approximate surface area is 103 Å². The molecule has 0 saturated carbocycles. The number of hydrogen-bond donors (Lipinski definition) is 2. The molecule has 0 aliphatic rings. The van der Waals surface area contributed by atoms with Crippen LogP contribution in [0.25, 0.3) is 0 Å². The fourth-order valence-electron chi connectivity index (χ4n) is 1.64. The molecular formula is C12H15BrO3. The minimum atomic E-state index is -0.800. The average molecular weight is 287 g/mol. The van der Waals surface area contributed by atoms with E-state index < -0.39 is 5.97 Å². The fraction of sp³-hybridized carbons (Fsp3) is 0.417. The van der Waals surface area contributed by atoms with Crippen molar-refractivity contribution in [3.05, 3.63) is 27.2 Å². The summed E-state index contributed by atoms with van der Waals surface area (Å²) in [6, 6.07) is 1.95. The molecule has 0 atom stereocenters. The van der Waals surface area contributed by atoms with E-state index in [1.54, 1.807) is 0 Å². The molecule has 16 heavy (non-hydrogen) atoms. The van der Waals surface area contributed by atoms with Crippen LogP contribution in [0.1, 0.15) is 29.5 Å². The number of hydrogen-bond acceptors (Lipinski definition) is 2. The van der Waals surface area contributed by atoms with Gasteiger partial charge < -0.3 is 10.2 Å². The van der Waals surface area contributed by atoms with E-state index in [0.717, 1.165) is 21.2 Å². The van der Waals surface area contributed by atoms with Gasteiger partial charge in [-0.05, 0) is 43.9 Å². The van der Waals surface area contributed by atoms with Crippen LogP contribution in [-0.4, -0.2) is 16.2 Å². The van der Waals surface area contributed by atoms with Gasteiger partial charge in [0.15, 0.2) is 0 Å². The van der Waals surface area contributed by atoms with Gasteiger partial charge in [-0.25, -0.2) is 0 Å². The molecule has 0 radical (unpaired) electrons. The van der Waals surface area contributed by atoms with Crippen molar-refractivity contribution >= 4 is 21.9 Å². The lowest BCUT2D eigenvalue weighted by Gasteiger charge is -2.12. The molecule has 0 amide bonds. The first-order valence-electron chi connectivity index (χ1n) is 5.12. The van der Waals surface area contributed by atoms with E-state index in [2.05, 4.69) is 15.9 Å². The van der Waals surface area contributed by atoms with Crippen LogP contribution in [0.3, 0.4) is 0 Å². The number of halogens is 1. The van der Waals surface area contributed by atoms with Crippen LogP contribution in [0.5, 0.6) is 5.75 Å². The van der Waals surface area contributed by atoms with Crippen molar-refractivity contribution in [1.82, 2.24) is 0 Å². The maximum absolute atomic E-state index is 10.4. The summed E-state index contributed by atoms with van der Waals surface area (Å²) in [5.74, 6) is -0.525. The number of rotatable bonds is 4. The van der Waals surface area contributed by atoms with Crippen LogP contribution < -0.4 is 0 Å². The molecule has 3 nitrogen and oxygen atoms in total. The SMILES string of the molecule is Cc1cc(Br)c(C)c(O)c1CCCC(=O)O. The molecule has 88 valence electrons. The molecule has 0 bridgehead atoms. The quantitative estimate of drug-likeness (QED) is 0.894. The van der Waals surface area contributed by atoms with Crippen LogP contribution in [0.4, 0.5) is 0 Å².